The summed E-state index contributed by atoms with van der Waals surface area (Å²) >= 11 is 5.46. The highest BCUT2D eigenvalue weighted by atomic mass is 79.9. The molecule has 0 bridgehead atoms. The number of rotatable bonds is 7. The maximum absolute atomic E-state index is 3.71. The van der Waals surface area contributed by atoms with E-state index >= 15 is 0 Å². The van der Waals surface area contributed by atoms with E-state index in [0.717, 1.165) is 12.5 Å². The fourth-order valence-electron chi connectivity index (χ4n) is 2.88. The second-order valence-electron chi connectivity index (χ2n) is 5.38. The van der Waals surface area contributed by atoms with Crippen LogP contribution in [-0.2, 0) is 0 Å². The molecule has 102 valence electrons. The van der Waals surface area contributed by atoms with Crippen molar-refractivity contribution in [3.63, 3.8) is 0 Å². The average Bonchev–Trinajstić information content (AvgIpc) is 3.01. The van der Waals surface area contributed by atoms with Crippen LogP contribution in [0.25, 0.3) is 0 Å². The zero-order valence-electron chi connectivity index (χ0n) is 11.3. The molecule has 3 heteroatoms. The van der Waals surface area contributed by atoms with Crippen LogP contribution in [0.2, 0.25) is 0 Å². The van der Waals surface area contributed by atoms with Gasteiger partial charge in [-0.25, -0.2) is 0 Å². The Morgan fingerprint density at radius 1 is 1.39 bits per heavy atom. The highest BCUT2D eigenvalue weighted by Gasteiger charge is 2.18. The van der Waals surface area contributed by atoms with Gasteiger partial charge in [0.1, 0.15) is 0 Å². The molecule has 18 heavy (non-hydrogen) atoms. The summed E-state index contributed by atoms with van der Waals surface area (Å²) in [6, 6.07) is 5.02. The van der Waals surface area contributed by atoms with E-state index in [0.29, 0.717) is 6.04 Å². The molecule has 0 amide bonds. The fraction of sp³-hybridized carbons (Fsp3) is 0.733. The first-order valence-corrected chi connectivity index (χ1v) is 8.89. The third-order valence-corrected chi connectivity index (χ3v) is 5.65. The Labute approximate surface area is 123 Å². The SMILES string of the molecule is CCCNC(CCC1CCCC1)c1ccc(Br)s1. The number of thiophene rings is 1. The van der Waals surface area contributed by atoms with Gasteiger partial charge >= 0.3 is 0 Å². The van der Waals surface area contributed by atoms with E-state index in [4.69, 9.17) is 0 Å². The molecule has 1 aliphatic rings. The normalized spacial score (nSPS) is 18.3. The lowest BCUT2D eigenvalue weighted by molar-refractivity contribution is 0.415. The first kappa shape index (κ1) is 14.5. The summed E-state index contributed by atoms with van der Waals surface area (Å²) in [5.74, 6) is 0.999. The van der Waals surface area contributed by atoms with Gasteiger partial charge in [-0.3, -0.25) is 0 Å². The van der Waals surface area contributed by atoms with E-state index in [1.54, 1.807) is 0 Å². The molecule has 0 aromatic carbocycles. The van der Waals surface area contributed by atoms with Crippen LogP contribution in [0, 0.1) is 5.92 Å². The quantitative estimate of drug-likeness (QED) is 0.694. The summed E-state index contributed by atoms with van der Waals surface area (Å²) in [4.78, 5) is 1.49. The molecule has 1 fully saturated rings. The minimum Gasteiger partial charge on any atom is -0.309 e. The monoisotopic (exact) mass is 329 g/mol. The van der Waals surface area contributed by atoms with Crippen molar-refractivity contribution in [3.05, 3.63) is 20.8 Å². The maximum atomic E-state index is 3.71. The van der Waals surface area contributed by atoms with Crippen molar-refractivity contribution >= 4 is 27.3 Å². The molecule has 2 rings (SSSR count). The summed E-state index contributed by atoms with van der Waals surface area (Å²) in [7, 11) is 0. The lowest BCUT2D eigenvalue weighted by atomic mass is 9.98. The van der Waals surface area contributed by atoms with Crippen molar-refractivity contribution in [1.82, 2.24) is 5.32 Å². The fourth-order valence-corrected chi connectivity index (χ4v) is 4.41. The highest BCUT2D eigenvalue weighted by Crippen LogP contribution is 2.34. The molecule has 1 heterocycles. The summed E-state index contributed by atoms with van der Waals surface area (Å²) in [5.41, 5.74) is 0. The average molecular weight is 330 g/mol. The van der Waals surface area contributed by atoms with Crippen molar-refractivity contribution in [2.45, 2.75) is 57.9 Å². The van der Waals surface area contributed by atoms with Crippen LogP contribution in [0.4, 0.5) is 0 Å². The van der Waals surface area contributed by atoms with Crippen molar-refractivity contribution < 1.29 is 0 Å². The maximum Gasteiger partial charge on any atom is 0.0701 e. The first-order chi connectivity index (χ1) is 8.79. The molecular weight excluding hydrogens is 306 g/mol. The molecule has 0 radical (unpaired) electrons. The van der Waals surface area contributed by atoms with Gasteiger partial charge in [-0.15, -0.1) is 11.3 Å². The van der Waals surface area contributed by atoms with E-state index < -0.39 is 0 Å². The summed E-state index contributed by atoms with van der Waals surface area (Å²) in [6.07, 6.45) is 9.77. The van der Waals surface area contributed by atoms with Gasteiger partial charge < -0.3 is 5.32 Å². The van der Waals surface area contributed by atoms with E-state index in [1.807, 2.05) is 11.3 Å². The topological polar surface area (TPSA) is 12.0 Å². The van der Waals surface area contributed by atoms with Crippen LogP contribution >= 0.6 is 27.3 Å². The third-order valence-electron chi connectivity index (χ3n) is 3.92. The summed E-state index contributed by atoms with van der Waals surface area (Å²) in [5, 5.41) is 3.71. The van der Waals surface area contributed by atoms with Gasteiger partial charge in [0.05, 0.1) is 3.79 Å². The summed E-state index contributed by atoms with van der Waals surface area (Å²) < 4.78 is 1.25. The van der Waals surface area contributed by atoms with Gasteiger partial charge in [0, 0.05) is 10.9 Å². The molecular formula is C15H24BrNS. The van der Waals surface area contributed by atoms with Crippen molar-refractivity contribution in [3.8, 4) is 0 Å². The molecule has 1 N–H and O–H groups in total. The lowest BCUT2D eigenvalue weighted by Gasteiger charge is -2.19. The van der Waals surface area contributed by atoms with Gasteiger partial charge in [-0.1, -0.05) is 32.6 Å². The van der Waals surface area contributed by atoms with Gasteiger partial charge in [-0.2, -0.15) is 0 Å². The molecule has 1 aromatic rings. The number of hydrogen-bond donors (Lipinski definition) is 1. The van der Waals surface area contributed by atoms with Crippen molar-refractivity contribution in [2.75, 3.05) is 6.54 Å². The largest absolute Gasteiger partial charge is 0.309 e. The van der Waals surface area contributed by atoms with E-state index in [9.17, 15) is 0 Å². The molecule has 0 spiro atoms. The van der Waals surface area contributed by atoms with Crippen molar-refractivity contribution in [2.24, 2.45) is 5.92 Å². The molecule has 0 saturated heterocycles. The van der Waals surface area contributed by atoms with Crippen LogP contribution in [0.3, 0.4) is 0 Å². The number of hydrogen-bond acceptors (Lipinski definition) is 2. The highest BCUT2D eigenvalue weighted by molar-refractivity contribution is 9.11. The molecule has 1 atom stereocenters. The second-order valence-corrected chi connectivity index (χ2v) is 7.87. The molecule has 1 saturated carbocycles. The van der Waals surface area contributed by atoms with E-state index in [-0.39, 0.29) is 0 Å². The molecule has 1 aliphatic carbocycles. The van der Waals surface area contributed by atoms with Gasteiger partial charge in [-0.05, 0) is 59.8 Å². The number of nitrogens with one attached hydrogen (secondary N) is 1. The van der Waals surface area contributed by atoms with E-state index in [1.165, 1.54) is 53.6 Å². The molecule has 1 unspecified atom stereocenters. The summed E-state index contributed by atoms with van der Waals surface area (Å²) in [6.45, 7) is 3.37. The Hall–Kier alpha value is 0.140. The first-order valence-electron chi connectivity index (χ1n) is 7.28. The van der Waals surface area contributed by atoms with Crippen LogP contribution < -0.4 is 5.32 Å². The third kappa shape index (κ3) is 4.36. The molecule has 0 aliphatic heterocycles. The Morgan fingerprint density at radius 3 is 2.78 bits per heavy atom. The van der Waals surface area contributed by atoms with Crippen LogP contribution in [0.5, 0.6) is 0 Å². The zero-order chi connectivity index (χ0) is 12.8. The Kier molecular flexibility index (Phi) is 6.19. The zero-order valence-corrected chi connectivity index (χ0v) is 13.7. The minimum atomic E-state index is 0.571. The van der Waals surface area contributed by atoms with Crippen LogP contribution in [0.1, 0.15) is 62.8 Å². The van der Waals surface area contributed by atoms with Crippen LogP contribution in [0.15, 0.2) is 15.9 Å². The predicted octanol–water partition coefficient (Wildman–Crippen LogP) is 5.52. The van der Waals surface area contributed by atoms with E-state index in [2.05, 4.69) is 40.3 Å². The Morgan fingerprint density at radius 2 is 2.17 bits per heavy atom. The Balaban J connectivity index is 1.87. The molecule has 1 aromatic heterocycles. The van der Waals surface area contributed by atoms with Gasteiger partial charge in [0.25, 0.3) is 0 Å². The smallest absolute Gasteiger partial charge is 0.0701 e. The number of halogens is 1. The van der Waals surface area contributed by atoms with Gasteiger partial charge in [0.2, 0.25) is 0 Å². The van der Waals surface area contributed by atoms with Gasteiger partial charge in [0.15, 0.2) is 0 Å². The predicted molar refractivity (Wildman–Crippen MR) is 84.2 cm³/mol. The molecule has 1 nitrogen and oxygen atoms in total. The van der Waals surface area contributed by atoms with Crippen molar-refractivity contribution in [1.29, 1.82) is 0 Å². The second kappa shape index (κ2) is 7.66. The Bertz CT molecular complexity index is 344. The lowest BCUT2D eigenvalue weighted by Crippen LogP contribution is -2.21. The minimum absolute atomic E-state index is 0.571. The standard InChI is InChI=1S/C15H24BrNS/c1-2-11-17-13(14-9-10-15(16)18-14)8-7-12-5-3-4-6-12/h9-10,12-13,17H,2-8,11H2,1H3. The van der Waals surface area contributed by atoms with Crippen LogP contribution in [-0.4, -0.2) is 6.54 Å².